The van der Waals surface area contributed by atoms with Gasteiger partial charge in [0.15, 0.2) is 5.69 Å². The number of nitro groups is 2. The van der Waals surface area contributed by atoms with Gasteiger partial charge in [0.05, 0.1) is 21.7 Å². The fourth-order valence-corrected chi connectivity index (χ4v) is 8.40. The van der Waals surface area contributed by atoms with Crippen LogP contribution in [0.15, 0.2) is 55.2 Å². The van der Waals surface area contributed by atoms with Gasteiger partial charge < -0.3 is 15.5 Å². The van der Waals surface area contributed by atoms with Gasteiger partial charge in [-0.2, -0.15) is 32.4 Å². The monoisotopic (exact) mass is 1010 g/mol. The molecule has 22 heteroatoms. The summed E-state index contributed by atoms with van der Waals surface area (Å²) < 4.78 is 50.5. The number of halogens is 5. The zero-order valence-electron chi connectivity index (χ0n) is 40.8. The van der Waals surface area contributed by atoms with Gasteiger partial charge in [-0.3, -0.25) is 39.8 Å². The summed E-state index contributed by atoms with van der Waals surface area (Å²) in [6, 6.07) is 8.35. The summed E-state index contributed by atoms with van der Waals surface area (Å²) in [6.07, 6.45) is 24.2. The summed E-state index contributed by atoms with van der Waals surface area (Å²) in [5.74, 6) is -2.33. The number of carboxylic acids is 2. The molecule has 4 aromatic rings. The number of hydrogen-bond acceptors (Lipinski definition) is 11. The van der Waals surface area contributed by atoms with Crippen LogP contribution in [0.2, 0.25) is 5.02 Å². The summed E-state index contributed by atoms with van der Waals surface area (Å²) in [5.41, 5.74) is -0.0273. The number of rotatable bonds is 19. The Morgan fingerprint density at radius 3 is 1.64 bits per heavy atom. The Morgan fingerprint density at radius 2 is 1.24 bits per heavy atom. The van der Waals surface area contributed by atoms with Crippen LogP contribution >= 0.6 is 11.6 Å². The zero-order valence-corrected chi connectivity index (χ0v) is 41.5. The quantitative estimate of drug-likeness (QED) is 0.0451. The molecule has 0 aliphatic heterocycles. The Morgan fingerprint density at radius 1 is 0.757 bits per heavy atom. The number of aliphatic carboxylic acids is 2. The second-order valence-electron chi connectivity index (χ2n) is 19.2. The van der Waals surface area contributed by atoms with Crippen LogP contribution in [0.1, 0.15) is 169 Å². The first-order chi connectivity index (χ1) is 32.9. The first-order valence-electron chi connectivity index (χ1n) is 23.7. The molecule has 0 aromatic carbocycles. The lowest BCUT2D eigenvalue weighted by Gasteiger charge is -2.30. The summed E-state index contributed by atoms with van der Waals surface area (Å²) in [4.78, 5) is 49.9. The van der Waals surface area contributed by atoms with Crippen LogP contribution in [0.4, 0.5) is 28.9 Å². The van der Waals surface area contributed by atoms with Crippen molar-refractivity contribution in [1.29, 1.82) is 0 Å². The van der Waals surface area contributed by atoms with Crippen LogP contribution < -0.4 is 5.32 Å². The molecule has 0 spiro atoms. The van der Waals surface area contributed by atoms with Crippen molar-refractivity contribution in [2.24, 2.45) is 11.8 Å². The van der Waals surface area contributed by atoms with Crippen molar-refractivity contribution in [3.8, 4) is 11.3 Å². The second-order valence-corrected chi connectivity index (χ2v) is 19.7. The van der Waals surface area contributed by atoms with Crippen molar-refractivity contribution in [3.63, 3.8) is 0 Å². The number of nitrogens with zero attached hydrogens (tertiary/aromatic N) is 8. The van der Waals surface area contributed by atoms with Crippen molar-refractivity contribution < 1.29 is 47.2 Å². The van der Waals surface area contributed by atoms with Gasteiger partial charge in [-0.1, -0.05) is 105 Å². The van der Waals surface area contributed by atoms with Crippen molar-refractivity contribution in [2.75, 3.05) is 0 Å². The summed E-state index contributed by atoms with van der Waals surface area (Å²) in [6.45, 7) is 5.56. The highest BCUT2D eigenvalue weighted by atomic mass is 35.5. The predicted octanol–water partition coefficient (Wildman–Crippen LogP) is 12.7. The average molecular weight is 1010 g/mol. The van der Waals surface area contributed by atoms with E-state index in [1.165, 1.54) is 76.5 Å². The van der Waals surface area contributed by atoms with Gasteiger partial charge in [0.25, 0.3) is 0 Å². The third-order valence-corrected chi connectivity index (χ3v) is 12.9. The van der Waals surface area contributed by atoms with E-state index in [1.54, 1.807) is 32.2 Å². The summed E-state index contributed by atoms with van der Waals surface area (Å²) in [7, 11) is 0. The molecule has 17 nitrogen and oxygen atoms in total. The zero-order chi connectivity index (χ0) is 52.2. The van der Waals surface area contributed by atoms with Crippen molar-refractivity contribution in [1.82, 2.24) is 34.8 Å². The molecule has 0 saturated heterocycles. The Hall–Kier alpha value is -5.57. The molecule has 2 atom stereocenters. The van der Waals surface area contributed by atoms with Gasteiger partial charge in [-0.15, -0.1) is 0 Å². The third kappa shape index (κ3) is 19.3. The lowest BCUT2D eigenvalue weighted by atomic mass is 9.82. The first-order valence-corrected chi connectivity index (χ1v) is 24.1. The molecule has 0 bridgehead atoms. The number of aromatic nitrogens is 6. The van der Waals surface area contributed by atoms with E-state index in [9.17, 15) is 47.4 Å². The number of nitrogens with one attached hydrogen (secondary N) is 1. The summed E-state index contributed by atoms with van der Waals surface area (Å²) in [5, 5.41) is 50.0. The van der Waals surface area contributed by atoms with Gasteiger partial charge in [0, 0.05) is 57.3 Å². The maximum atomic E-state index is 13.2. The maximum Gasteiger partial charge on any atom is 0.334 e. The molecule has 70 heavy (non-hydrogen) atoms. The van der Waals surface area contributed by atoms with E-state index in [4.69, 9.17) is 21.8 Å². The smallest absolute Gasteiger partial charge is 0.334 e. The van der Waals surface area contributed by atoms with E-state index in [0.29, 0.717) is 47.3 Å². The Kier molecular flexibility index (Phi) is 23.8. The topological polar surface area (TPSA) is 234 Å². The molecule has 0 radical (unpaired) electrons. The van der Waals surface area contributed by atoms with Gasteiger partial charge >= 0.3 is 36.4 Å². The van der Waals surface area contributed by atoms with Gasteiger partial charge in [0.1, 0.15) is 18.6 Å². The van der Waals surface area contributed by atoms with Crippen LogP contribution in [-0.2, 0) is 20.4 Å². The van der Waals surface area contributed by atoms with Crippen LogP contribution in [0.3, 0.4) is 0 Å². The van der Waals surface area contributed by atoms with E-state index in [0.717, 1.165) is 43.0 Å². The average Bonchev–Trinajstić information content (AvgIpc) is 4.01. The third-order valence-electron chi connectivity index (χ3n) is 12.7. The van der Waals surface area contributed by atoms with E-state index in [-0.39, 0.29) is 27.3 Å². The Labute approximate surface area is 411 Å². The molecule has 4 aromatic heterocycles. The highest BCUT2D eigenvalue weighted by molar-refractivity contribution is 6.30. The fourth-order valence-electron chi connectivity index (χ4n) is 8.24. The maximum absolute atomic E-state index is 13.2. The van der Waals surface area contributed by atoms with E-state index < -0.39 is 57.6 Å². The molecule has 0 amide bonds. The summed E-state index contributed by atoms with van der Waals surface area (Å²) >= 11 is 5.96. The molecule has 2 fully saturated rings. The van der Waals surface area contributed by atoms with Crippen molar-refractivity contribution in [2.45, 2.75) is 180 Å². The number of alkyl halides is 4. The van der Waals surface area contributed by atoms with Gasteiger partial charge in [-0.05, 0) is 75.6 Å². The normalized spacial score (nSPS) is 15.4. The van der Waals surface area contributed by atoms with Gasteiger partial charge in [-0.25, -0.2) is 4.68 Å². The minimum atomic E-state index is -3.02. The van der Waals surface area contributed by atoms with Crippen LogP contribution in [0.5, 0.6) is 0 Å². The van der Waals surface area contributed by atoms with Crippen molar-refractivity contribution >= 4 is 34.9 Å². The van der Waals surface area contributed by atoms with E-state index in [1.807, 2.05) is 19.9 Å². The molecule has 6 rings (SSSR count). The molecule has 388 valence electrons. The SMILES string of the molecule is C1CCC(NC2CCCCC2)CC1.C[C@H](CCCC(C)(C)c1cc(-c2c([N+](=O)[O-])cnn2C(F)F)ccn1)C(=O)O.C[C@H](CCCC(C)(C)c1cc(Cl)ccn1)C(=O)O.O=[N+]([O-])c1cnn(C(F)F)c1. The molecule has 2 aliphatic carbocycles. The standard InChI is InChI=1S/C18H22F2N4O4.C14H20ClNO2.C12H23N.C4H3F2N3O2/c1-11(16(25)26)5-4-7-18(2,3)14-9-12(6-8-21-14)15-13(24(27)28)10-22-23(15)17(19)20;1-10(13(17)18)5-4-7-14(2,3)12-9-11(15)6-8-16-12;1-3-7-11(8-4-1)13-12-9-5-2-6-10-12;5-4(6)8-2-3(1-7-8)9(10)11/h6,8-11,17H,4-5,7H2,1-3H3,(H,25,26);6,8-10H,4-5,7H2,1-3H3,(H,17,18);11-13H,1-10H2;1-2,4H/t11-;10-;;/m11../s1. The molecule has 3 N–H and O–H groups in total. The first kappa shape index (κ1) is 58.7. The number of pyridine rings is 2. The second kappa shape index (κ2) is 28.3. The largest absolute Gasteiger partial charge is 0.481 e. The lowest BCUT2D eigenvalue weighted by molar-refractivity contribution is -0.385. The Bertz CT molecular complexity index is 2250. The van der Waals surface area contributed by atoms with Crippen molar-refractivity contribution in [3.05, 3.63) is 91.9 Å². The number of carboxylic acid groups (broad SMARTS) is 2. The minimum absolute atomic E-state index is 0.0802. The van der Waals surface area contributed by atoms with Crippen LogP contribution in [-0.4, -0.2) is 73.6 Å². The van der Waals surface area contributed by atoms with Gasteiger partial charge in [0.2, 0.25) is 0 Å². The Balaban J connectivity index is 0.000000264. The fraction of sp³-hybridized carbons (Fsp3) is 0.625. The highest BCUT2D eigenvalue weighted by Crippen LogP contribution is 2.36. The van der Waals surface area contributed by atoms with E-state index in [2.05, 4.69) is 39.3 Å². The highest BCUT2D eigenvalue weighted by Gasteiger charge is 2.29. The van der Waals surface area contributed by atoms with Crippen LogP contribution in [0.25, 0.3) is 11.3 Å². The molecular weight excluding hydrogens is 942 g/mol. The number of hydrogen-bond donors (Lipinski definition) is 3. The molecule has 4 heterocycles. The predicted molar refractivity (Wildman–Crippen MR) is 257 cm³/mol. The molecule has 2 saturated carbocycles. The number of carbonyl (C=O) groups is 2. The lowest BCUT2D eigenvalue weighted by Crippen LogP contribution is -2.40. The molecular formula is C48H68ClF4N9O8. The van der Waals surface area contributed by atoms with Crippen LogP contribution in [0, 0.1) is 32.1 Å². The molecule has 0 unspecified atom stereocenters. The molecule has 2 aliphatic rings. The van der Waals surface area contributed by atoms with E-state index >= 15 is 0 Å². The minimum Gasteiger partial charge on any atom is -0.481 e.